The molecule has 2 fully saturated rings. The Kier molecular flexibility index (Phi) is 8.36. The van der Waals surface area contributed by atoms with Crippen LogP contribution in [-0.2, 0) is 4.79 Å². The summed E-state index contributed by atoms with van der Waals surface area (Å²) in [7, 11) is 0. The summed E-state index contributed by atoms with van der Waals surface area (Å²) in [5.74, 6) is 1.22. The lowest BCUT2D eigenvalue weighted by Gasteiger charge is -2.25. The molecule has 0 bridgehead atoms. The van der Waals surface area contributed by atoms with E-state index in [1.54, 1.807) is 0 Å². The number of nitrogens with one attached hydrogen (secondary N) is 2. The maximum atomic E-state index is 11.6. The minimum atomic E-state index is 0.312. The number of guanidine groups is 1. The fourth-order valence-electron chi connectivity index (χ4n) is 3.57. The van der Waals surface area contributed by atoms with E-state index in [0.29, 0.717) is 11.9 Å². The third-order valence-electron chi connectivity index (χ3n) is 5.00. The molecule has 24 heavy (non-hydrogen) atoms. The van der Waals surface area contributed by atoms with Crippen LogP contribution in [0.5, 0.6) is 0 Å². The van der Waals surface area contributed by atoms with Crippen molar-refractivity contribution in [1.29, 1.82) is 0 Å². The summed E-state index contributed by atoms with van der Waals surface area (Å²) in [5, 5.41) is 6.74. The SMILES string of the molecule is CCNC(=NCC(CC)N1CCCC1)NCCCN1CCCC1=O. The van der Waals surface area contributed by atoms with Crippen molar-refractivity contribution in [2.45, 2.75) is 58.4 Å². The average molecular weight is 338 g/mol. The molecule has 1 atom stereocenters. The molecule has 0 aliphatic carbocycles. The molecule has 0 saturated carbocycles. The maximum absolute atomic E-state index is 11.6. The summed E-state index contributed by atoms with van der Waals surface area (Å²) in [6.07, 6.45) is 6.53. The van der Waals surface area contributed by atoms with Crippen molar-refractivity contribution < 1.29 is 4.79 Å². The Balaban J connectivity index is 1.71. The van der Waals surface area contributed by atoms with E-state index in [9.17, 15) is 4.79 Å². The Morgan fingerprint density at radius 1 is 1.17 bits per heavy atom. The van der Waals surface area contributed by atoms with E-state index in [0.717, 1.165) is 64.4 Å². The molecule has 0 spiro atoms. The molecule has 6 nitrogen and oxygen atoms in total. The van der Waals surface area contributed by atoms with Gasteiger partial charge in [0.2, 0.25) is 5.91 Å². The first kappa shape index (κ1) is 19.0. The first-order valence-corrected chi connectivity index (χ1v) is 9.78. The smallest absolute Gasteiger partial charge is 0.222 e. The molecular weight excluding hydrogens is 302 g/mol. The lowest BCUT2D eigenvalue weighted by atomic mass is 10.2. The first-order valence-electron chi connectivity index (χ1n) is 9.78. The second kappa shape index (κ2) is 10.5. The number of likely N-dealkylation sites (tertiary alicyclic amines) is 2. The topological polar surface area (TPSA) is 60.0 Å². The molecule has 0 radical (unpaired) electrons. The molecule has 1 unspecified atom stereocenters. The van der Waals surface area contributed by atoms with Crippen molar-refractivity contribution in [3.63, 3.8) is 0 Å². The largest absolute Gasteiger partial charge is 0.357 e. The van der Waals surface area contributed by atoms with Gasteiger partial charge in [0.05, 0.1) is 6.54 Å². The lowest BCUT2D eigenvalue weighted by molar-refractivity contribution is -0.127. The van der Waals surface area contributed by atoms with Crippen molar-refractivity contribution in [1.82, 2.24) is 20.4 Å². The molecule has 6 heteroatoms. The zero-order valence-electron chi connectivity index (χ0n) is 15.5. The quantitative estimate of drug-likeness (QED) is 0.380. The van der Waals surface area contributed by atoms with Gasteiger partial charge in [-0.25, -0.2) is 0 Å². The predicted octanol–water partition coefficient (Wildman–Crippen LogP) is 1.43. The minimum absolute atomic E-state index is 0.312. The molecule has 2 N–H and O–H groups in total. The number of carbonyl (C=O) groups is 1. The van der Waals surface area contributed by atoms with E-state index in [-0.39, 0.29) is 0 Å². The highest BCUT2D eigenvalue weighted by Gasteiger charge is 2.20. The summed E-state index contributed by atoms with van der Waals surface area (Å²) in [6.45, 7) is 11.2. The summed E-state index contributed by atoms with van der Waals surface area (Å²) in [6, 6.07) is 0.560. The van der Waals surface area contributed by atoms with E-state index in [1.165, 1.54) is 25.9 Å². The van der Waals surface area contributed by atoms with Crippen molar-refractivity contribution in [3.8, 4) is 0 Å². The van der Waals surface area contributed by atoms with Gasteiger partial charge in [0.1, 0.15) is 0 Å². The average Bonchev–Trinajstić information content (AvgIpc) is 3.24. The van der Waals surface area contributed by atoms with Crippen LogP contribution in [0.4, 0.5) is 0 Å². The van der Waals surface area contributed by atoms with Gasteiger partial charge < -0.3 is 15.5 Å². The zero-order chi connectivity index (χ0) is 17.2. The standard InChI is InChI=1S/C18H35N5O/c1-3-16(22-11-5-6-12-22)15-21-18(19-4-2)20-10-8-14-23-13-7-9-17(23)24/h16H,3-15H2,1-2H3,(H2,19,20,21). The molecule has 2 aliphatic heterocycles. The van der Waals surface area contributed by atoms with Crippen LogP contribution < -0.4 is 10.6 Å². The Morgan fingerprint density at radius 3 is 2.58 bits per heavy atom. The molecule has 138 valence electrons. The molecule has 0 aromatic rings. The summed E-state index contributed by atoms with van der Waals surface area (Å²) >= 11 is 0. The molecular formula is C18H35N5O. The number of hydrogen-bond donors (Lipinski definition) is 2. The van der Waals surface area contributed by atoms with Crippen LogP contribution in [0.15, 0.2) is 4.99 Å². The van der Waals surface area contributed by atoms with Gasteiger partial charge in [-0.1, -0.05) is 6.92 Å². The highest BCUT2D eigenvalue weighted by molar-refractivity contribution is 5.79. The second-order valence-corrected chi connectivity index (χ2v) is 6.79. The zero-order valence-corrected chi connectivity index (χ0v) is 15.5. The van der Waals surface area contributed by atoms with Gasteiger partial charge in [-0.3, -0.25) is 14.7 Å². The van der Waals surface area contributed by atoms with Gasteiger partial charge in [0, 0.05) is 38.6 Å². The molecule has 2 heterocycles. The van der Waals surface area contributed by atoms with Gasteiger partial charge in [-0.15, -0.1) is 0 Å². The van der Waals surface area contributed by atoms with Crippen molar-refractivity contribution in [3.05, 3.63) is 0 Å². The molecule has 2 rings (SSSR count). The van der Waals surface area contributed by atoms with Gasteiger partial charge >= 0.3 is 0 Å². The minimum Gasteiger partial charge on any atom is -0.357 e. The normalized spacial score (nSPS) is 20.7. The maximum Gasteiger partial charge on any atom is 0.222 e. The second-order valence-electron chi connectivity index (χ2n) is 6.79. The highest BCUT2D eigenvalue weighted by Crippen LogP contribution is 2.14. The number of hydrogen-bond acceptors (Lipinski definition) is 3. The fourth-order valence-corrected chi connectivity index (χ4v) is 3.57. The van der Waals surface area contributed by atoms with Crippen molar-refractivity contribution in [2.75, 3.05) is 45.8 Å². The van der Waals surface area contributed by atoms with E-state index in [1.807, 2.05) is 4.90 Å². The van der Waals surface area contributed by atoms with E-state index in [2.05, 4.69) is 29.4 Å². The van der Waals surface area contributed by atoms with Crippen LogP contribution in [0.1, 0.15) is 52.4 Å². The Morgan fingerprint density at radius 2 is 1.96 bits per heavy atom. The first-order chi connectivity index (χ1) is 11.7. The van der Waals surface area contributed by atoms with Gasteiger partial charge in [0.15, 0.2) is 5.96 Å². The van der Waals surface area contributed by atoms with Crippen molar-refractivity contribution >= 4 is 11.9 Å². The van der Waals surface area contributed by atoms with Crippen molar-refractivity contribution in [2.24, 2.45) is 4.99 Å². The van der Waals surface area contributed by atoms with E-state index in [4.69, 9.17) is 4.99 Å². The van der Waals surface area contributed by atoms with Crippen LogP contribution in [-0.4, -0.2) is 73.5 Å². The molecule has 1 amide bonds. The number of rotatable bonds is 9. The Hall–Kier alpha value is -1.30. The predicted molar refractivity (Wildman–Crippen MR) is 99.3 cm³/mol. The van der Waals surface area contributed by atoms with Gasteiger partial charge in [-0.05, 0) is 52.1 Å². The fraction of sp³-hybridized carbons (Fsp3) is 0.889. The molecule has 0 aromatic heterocycles. The summed E-state index contributed by atoms with van der Waals surface area (Å²) < 4.78 is 0. The van der Waals surface area contributed by atoms with Crippen LogP contribution in [0.25, 0.3) is 0 Å². The van der Waals surface area contributed by atoms with Crippen LogP contribution in [0.3, 0.4) is 0 Å². The molecule has 2 aliphatic rings. The third kappa shape index (κ3) is 5.96. The van der Waals surface area contributed by atoms with Gasteiger partial charge in [-0.2, -0.15) is 0 Å². The highest BCUT2D eigenvalue weighted by atomic mass is 16.2. The van der Waals surface area contributed by atoms with Crippen LogP contribution in [0, 0.1) is 0 Å². The van der Waals surface area contributed by atoms with Crippen LogP contribution in [0.2, 0.25) is 0 Å². The van der Waals surface area contributed by atoms with Gasteiger partial charge in [0.25, 0.3) is 0 Å². The van der Waals surface area contributed by atoms with Crippen LogP contribution >= 0.6 is 0 Å². The summed E-state index contributed by atoms with van der Waals surface area (Å²) in [4.78, 5) is 20.9. The van der Waals surface area contributed by atoms with E-state index >= 15 is 0 Å². The Bertz CT molecular complexity index is 406. The summed E-state index contributed by atoms with van der Waals surface area (Å²) in [5.41, 5.74) is 0. The number of amides is 1. The monoisotopic (exact) mass is 337 g/mol. The number of nitrogens with zero attached hydrogens (tertiary/aromatic N) is 3. The third-order valence-corrected chi connectivity index (χ3v) is 5.00. The Labute approximate surface area is 147 Å². The molecule has 0 aromatic carbocycles. The lowest BCUT2D eigenvalue weighted by Crippen LogP contribution is -2.41. The van der Waals surface area contributed by atoms with E-state index < -0.39 is 0 Å². The number of carbonyl (C=O) groups excluding carboxylic acids is 1. The number of aliphatic imine (C=N–C) groups is 1. The molecule has 2 saturated heterocycles.